The van der Waals surface area contributed by atoms with E-state index in [1.54, 1.807) is 0 Å². The van der Waals surface area contributed by atoms with Crippen molar-refractivity contribution in [2.75, 3.05) is 6.54 Å². The highest BCUT2D eigenvalue weighted by Gasteiger charge is 2.29. The zero-order valence-corrected chi connectivity index (χ0v) is 11.6. The fourth-order valence-corrected chi connectivity index (χ4v) is 2.57. The molecule has 1 saturated heterocycles. The zero-order chi connectivity index (χ0) is 14.6. The van der Waals surface area contributed by atoms with Gasteiger partial charge in [0, 0.05) is 18.6 Å². The van der Waals surface area contributed by atoms with Crippen LogP contribution in [0.25, 0.3) is 0 Å². The van der Waals surface area contributed by atoms with Crippen LogP contribution >= 0.6 is 0 Å². The van der Waals surface area contributed by atoms with Crippen LogP contribution in [0.15, 0.2) is 24.3 Å². The second-order valence-corrected chi connectivity index (χ2v) is 5.51. The summed E-state index contributed by atoms with van der Waals surface area (Å²) in [6.45, 7) is 3.81. The molecule has 1 fully saturated rings. The smallest absolute Gasteiger partial charge is 0.314 e. The summed E-state index contributed by atoms with van der Waals surface area (Å²) >= 11 is 0. The van der Waals surface area contributed by atoms with Crippen LogP contribution in [0.5, 0.6) is 0 Å². The number of hydrogen-bond donors (Lipinski definition) is 2. The third-order valence-corrected chi connectivity index (χ3v) is 3.74. The lowest BCUT2D eigenvalue weighted by molar-refractivity contribution is -0.137. The predicted molar refractivity (Wildman–Crippen MR) is 73.4 cm³/mol. The summed E-state index contributed by atoms with van der Waals surface area (Å²) in [7, 11) is 0. The lowest BCUT2D eigenvalue weighted by Crippen LogP contribution is -2.33. The molecule has 20 heavy (non-hydrogen) atoms. The molecular weight excluding hydrogens is 265 g/mol. The number of alkyl halides is 3. The highest BCUT2D eigenvalue weighted by atomic mass is 19.4. The summed E-state index contributed by atoms with van der Waals surface area (Å²) in [6, 6.07) is 6.28. The maximum Gasteiger partial charge on any atom is 0.416 e. The van der Waals surface area contributed by atoms with E-state index in [9.17, 15) is 13.2 Å². The molecule has 0 amide bonds. The van der Waals surface area contributed by atoms with Gasteiger partial charge in [0.2, 0.25) is 0 Å². The molecular formula is C15H21F3N2. The van der Waals surface area contributed by atoms with Gasteiger partial charge in [-0.2, -0.15) is 13.2 Å². The first-order valence-electron chi connectivity index (χ1n) is 7.08. The highest BCUT2D eigenvalue weighted by Crippen LogP contribution is 2.29. The van der Waals surface area contributed by atoms with Crippen LogP contribution in [0.4, 0.5) is 13.2 Å². The summed E-state index contributed by atoms with van der Waals surface area (Å²) in [5.41, 5.74) is 0.286. The second kappa shape index (κ2) is 6.59. The van der Waals surface area contributed by atoms with Gasteiger partial charge < -0.3 is 10.6 Å². The van der Waals surface area contributed by atoms with E-state index in [0.717, 1.165) is 30.7 Å². The maximum atomic E-state index is 12.4. The Balaban J connectivity index is 1.78. The van der Waals surface area contributed by atoms with Crippen LogP contribution in [-0.2, 0) is 12.7 Å². The van der Waals surface area contributed by atoms with Crippen molar-refractivity contribution in [3.05, 3.63) is 35.4 Å². The Hall–Kier alpha value is -1.07. The van der Waals surface area contributed by atoms with E-state index >= 15 is 0 Å². The van der Waals surface area contributed by atoms with E-state index in [-0.39, 0.29) is 0 Å². The van der Waals surface area contributed by atoms with Gasteiger partial charge in [-0.25, -0.2) is 0 Å². The number of rotatable bonds is 5. The Morgan fingerprint density at radius 1 is 1.30 bits per heavy atom. The normalized spacial score (nSPS) is 21.1. The van der Waals surface area contributed by atoms with Gasteiger partial charge in [0.1, 0.15) is 0 Å². The van der Waals surface area contributed by atoms with E-state index in [1.807, 2.05) is 0 Å². The van der Waals surface area contributed by atoms with Crippen LogP contribution in [0.3, 0.4) is 0 Å². The molecule has 1 aliphatic heterocycles. The first kappa shape index (κ1) is 15.3. The van der Waals surface area contributed by atoms with E-state index < -0.39 is 11.7 Å². The molecule has 2 nitrogen and oxygen atoms in total. The van der Waals surface area contributed by atoms with Crippen molar-refractivity contribution in [2.45, 2.75) is 51.0 Å². The standard InChI is InChI=1S/C15H21F3N2/c1-11(9-14-3-2-8-19-14)20-10-12-4-6-13(7-5-12)15(16,17)18/h4-7,11,14,19-20H,2-3,8-10H2,1H3. The summed E-state index contributed by atoms with van der Waals surface area (Å²) < 4.78 is 37.3. The first-order chi connectivity index (χ1) is 9.45. The summed E-state index contributed by atoms with van der Waals surface area (Å²) in [6.07, 6.45) is -0.753. The lowest BCUT2D eigenvalue weighted by Gasteiger charge is -2.18. The molecule has 0 aliphatic carbocycles. The summed E-state index contributed by atoms with van der Waals surface area (Å²) in [4.78, 5) is 0. The average Bonchev–Trinajstić information content (AvgIpc) is 2.88. The first-order valence-corrected chi connectivity index (χ1v) is 7.08. The molecule has 0 radical (unpaired) electrons. The van der Waals surface area contributed by atoms with Crippen molar-refractivity contribution in [3.63, 3.8) is 0 Å². The zero-order valence-electron chi connectivity index (χ0n) is 11.6. The maximum absolute atomic E-state index is 12.4. The van der Waals surface area contributed by atoms with Gasteiger partial charge >= 0.3 is 6.18 Å². The minimum atomic E-state index is -4.26. The largest absolute Gasteiger partial charge is 0.416 e. The van der Waals surface area contributed by atoms with Crippen LogP contribution in [0, 0.1) is 0 Å². The number of nitrogens with one attached hydrogen (secondary N) is 2. The van der Waals surface area contributed by atoms with E-state index in [0.29, 0.717) is 18.6 Å². The van der Waals surface area contributed by atoms with Crippen molar-refractivity contribution < 1.29 is 13.2 Å². The molecule has 1 heterocycles. The predicted octanol–water partition coefficient (Wildman–Crippen LogP) is 3.33. The van der Waals surface area contributed by atoms with Crippen molar-refractivity contribution in [1.82, 2.24) is 10.6 Å². The third kappa shape index (κ3) is 4.49. The van der Waals surface area contributed by atoms with Crippen molar-refractivity contribution in [1.29, 1.82) is 0 Å². The van der Waals surface area contributed by atoms with Gasteiger partial charge in [0.15, 0.2) is 0 Å². The quantitative estimate of drug-likeness (QED) is 0.867. The van der Waals surface area contributed by atoms with Crippen molar-refractivity contribution in [3.8, 4) is 0 Å². The minimum Gasteiger partial charge on any atom is -0.314 e. The molecule has 2 N–H and O–H groups in total. The molecule has 0 spiro atoms. The van der Waals surface area contributed by atoms with Gasteiger partial charge in [-0.3, -0.25) is 0 Å². The van der Waals surface area contributed by atoms with Crippen LogP contribution in [-0.4, -0.2) is 18.6 Å². The average molecular weight is 286 g/mol. The van der Waals surface area contributed by atoms with Gasteiger partial charge in [0.05, 0.1) is 5.56 Å². The Labute approximate surface area is 117 Å². The molecule has 5 heteroatoms. The molecule has 1 aromatic rings. The molecule has 2 rings (SSSR count). The van der Waals surface area contributed by atoms with Crippen molar-refractivity contribution >= 4 is 0 Å². The van der Waals surface area contributed by atoms with Gasteiger partial charge in [-0.1, -0.05) is 12.1 Å². The van der Waals surface area contributed by atoms with E-state index in [2.05, 4.69) is 17.6 Å². The molecule has 0 saturated carbocycles. The monoisotopic (exact) mass is 286 g/mol. The van der Waals surface area contributed by atoms with Crippen LogP contribution < -0.4 is 10.6 Å². The van der Waals surface area contributed by atoms with E-state index in [1.165, 1.54) is 25.0 Å². The lowest BCUT2D eigenvalue weighted by atomic mass is 10.1. The fraction of sp³-hybridized carbons (Fsp3) is 0.600. The molecule has 1 aromatic carbocycles. The van der Waals surface area contributed by atoms with Gasteiger partial charge in [0.25, 0.3) is 0 Å². The molecule has 1 aliphatic rings. The molecule has 112 valence electrons. The molecule has 0 bridgehead atoms. The second-order valence-electron chi connectivity index (χ2n) is 5.51. The Morgan fingerprint density at radius 2 is 2.00 bits per heavy atom. The fourth-order valence-electron chi connectivity index (χ4n) is 2.57. The number of hydrogen-bond acceptors (Lipinski definition) is 2. The molecule has 2 unspecified atom stereocenters. The SMILES string of the molecule is CC(CC1CCCN1)NCc1ccc(C(F)(F)F)cc1. The van der Waals surface area contributed by atoms with E-state index in [4.69, 9.17) is 0 Å². The van der Waals surface area contributed by atoms with Crippen LogP contribution in [0.2, 0.25) is 0 Å². The summed E-state index contributed by atoms with van der Waals surface area (Å²) in [5, 5.41) is 6.81. The number of halogens is 3. The Kier molecular flexibility index (Phi) is 5.05. The number of benzene rings is 1. The summed E-state index contributed by atoms with van der Waals surface area (Å²) in [5.74, 6) is 0. The molecule has 2 atom stereocenters. The minimum absolute atomic E-state index is 0.355. The highest BCUT2D eigenvalue weighted by molar-refractivity contribution is 5.24. The Morgan fingerprint density at radius 3 is 2.55 bits per heavy atom. The molecule has 0 aromatic heterocycles. The topological polar surface area (TPSA) is 24.1 Å². The van der Waals surface area contributed by atoms with Crippen molar-refractivity contribution in [2.24, 2.45) is 0 Å². The van der Waals surface area contributed by atoms with Crippen LogP contribution in [0.1, 0.15) is 37.3 Å². The van der Waals surface area contributed by atoms with Gasteiger partial charge in [-0.15, -0.1) is 0 Å². The van der Waals surface area contributed by atoms with Gasteiger partial charge in [-0.05, 0) is 50.4 Å². The third-order valence-electron chi connectivity index (χ3n) is 3.74. The Bertz CT molecular complexity index is 408.